The summed E-state index contributed by atoms with van der Waals surface area (Å²) in [5, 5.41) is 4.04. The molecule has 0 radical (unpaired) electrons. The van der Waals surface area contributed by atoms with Crippen LogP contribution in [-0.2, 0) is 16.1 Å². The summed E-state index contributed by atoms with van der Waals surface area (Å²) < 4.78 is 17.0. The van der Waals surface area contributed by atoms with Gasteiger partial charge in [-0.1, -0.05) is 23.7 Å². The summed E-state index contributed by atoms with van der Waals surface area (Å²) >= 11 is 11.4. The van der Waals surface area contributed by atoms with Crippen molar-refractivity contribution in [1.82, 2.24) is 10.2 Å². The molecule has 4 rings (SSSR count). The van der Waals surface area contributed by atoms with Crippen molar-refractivity contribution in [1.29, 1.82) is 0 Å². The third kappa shape index (κ3) is 5.18. The number of methoxy groups -OCH3 is 1. The first-order chi connectivity index (χ1) is 15.0. The second kappa shape index (κ2) is 9.68. The van der Waals surface area contributed by atoms with E-state index in [1.807, 2.05) is 30.3 Å². The predicted octanol–water partition coefficient (Wildman–Crippen LogP) is 4.16. The van der Waals surface area contributed by atoms with Crippen LogP contribution in [0.2, 0.25) is 5.02 Å². The molecule has 31 heavy (non-hydrogen) atoms. The number of nitrogens with zero attached hydrogens (tertiary/aromatic N) is 1. The third-order valence-corrected chi connectivity index (χ3v) is 5.74. The van der Waals surface area contributed by atoms with Crippen molar-refractivity contribution in [2.75, 3.05) is 20.3 Å². The Labute approximate surface area is 191 Å². The van der Waals surface area contributed by atoms with E-state index in [0.29, 0.717) is 40.5 Å². The van der Waals surface area contributed by atoms with Gasteiger partial charge in [-0.15, -0.1) is 0 Å². The van der Waals surface area contributed by atoms with Gasteiger partial charge in [-0.2, -0.15) is 0 Å². The number of thiocarbonyl (C=S) groups is 1. The van der Waals surface area contributed by atoms with Crippen molar-refractivity contribution >= 4 is 40.9 Å². The maximum atomic E-state index is 12.8. The summed E-state index contributed by atoms with van der Waals surface area (Å²) in [7, 11) is 1.61. The van der Waals surface area contributed by atoms with E-state index in [9.17, 15) is 4.79 Å². The molecule has 0 saturated carbocycles. The van der Waals surface area contributed by atoms with Crippen LogP contribution in [0.15, 0.2) is 48.2 Å². The van der Waals surface area contributed by atoms with E-state index in [1.54, 1.807) is 30.2 Å². The van der Waals surface area contributed by atoms with Crippen LogP contribution in [0.25, 0.3) is 6.08 Å². The van der Waals surface area contributed by atoms with Crippen molar-refractivity contribution in [3.05, 3.63) is 64.3 Å². The zero-order valence-electron chi connectivity index (χ0n) is 17.1. The van der Waals surface area contributed by atoms with E-state index < -0.39 is 0 Å². The van der Waals surface area contributed by atoms with Gasteiger partial charge >= 0.3 is 0 Å². The number of amides is 1. The molecule has 0 aromatic heterocycles. The first-order valence-corrected chi connectivity index (χ1v) is 10.8. The molecule has 2 aromatic rings. The topological polar surface area (TPSA) is 60.0 Å². The molecule has 1 unspecified atom stereocenters. The zero-order chi connectivity index (χ0) is 21.8. The zero-order valence-corrected chi connectivity index (χ0v) is 18.7. The molecule has 2 saturated heterocycles. The highest BCUT2D eigenvalue weighted by atomic mass is 35.5. The average Bonchev–Trinajstić information content (AvgIpc) is 3.37. The standard InChI is InChI=1S/C23H23ClN2O4S/c1-28-21-8-7-15(10-16(21)14-30-18-5-2-4-17(24)12-18)11-20-22(27)26(23(31)25-20)13-19-6-3-9-29-19/h2,4-5,7-8,10-12,19H,3,6,9,13-14H2,1H3,(H,25,31)/b20-11+. The van der Waals surface area contributed by atoms with E-state index in [2.05, 4.69) is 5.32 Å². The molecule has 2 aromatic carbocycles. The van der Waals surface area contributed by atoms with E-state index in [0.717, 1.165) is 30.6 Å². The molecule has 2 aliphatic heterocycles. The molecular weight excluding hydrogens is 436 g/mol. The fourth-order valence-electron chi connectivity index (χ4n) is 3.62. The number of carbonyl (C=O) groups excluding carboxylic acids is 1. The summed E-state index contributed by atoms with van der Waals surface area (Å²) in [5.41, 5.74) is 2.12. The van der Waals surface area contributed by atoms with Gasteiger partial charge in [0.25, 0.3) is 5.91 Å². The summed E-state index contributed by atoms with van der Waals surface area (Å²) in [6, 6.07) is 12.9. The Morgan fingerprint density at radius 1 is 1.32 bits per heavy atom. The number of ether oxygens (including phenoxy) is 3. The van der Waals surface area contributed by atoms with Crippen LogP contribution in [0.4, 0.5) is 0 Å². The highest BCUT2D eigenvalue weighted by Crippen LogP contribution is 2.25. The Hall–Kier alpha value is -2.61. The number of hydrogen-bond donors (Lipinski definition) is 1. The van der Waals surface area contributed by atoms with Gasteiger partial charge < -0.3 is 19.5 Å². The summed E-state index contributed by atoms with van der Waals surface area (Å²) in [4.78, 5) is 14.4. The smallest absolute Gasteiger partial charge is 0.276 e. The first-order valence-electron chi connectivity index (χ1n) is 10.0. The van der Waals surface area contributed by atoms with Crippen molar-refractivity contribution in [3.63, 3.8) is 0 Å². The SMILES string of the molecule is COc1ccc(/C=C2/NC(=S)N(CC3CCCO3)C2=O)cc1COc1cccc(Cl)c1. The Kier molecular flexibility index (Phi) is 6.75. The number of carbonyl (C=O) groups is 1. The number of halogens is 1. The lowest BCUT2D eigenvalue weighted by molar-refractivity contribution is -0.123. The Balaban J connectivity index is 1.50. The summed E-state index contributed by atoms with van der Waals surface area (Å²) in [5.74, 6) is 1.22. The molecule has 2 heterocycles. The van der Waals surface area contributed by atoms with Crippen LogP contribution in [0.5, 0.6) is 11.5 Å². The number of benzene rings is 2. The van der Waals surface area contributed by atoms with Gasteiger partial charge in [0.15, 0.2) is 5.11 Å². The quantitative estimate of drug-likeness (QED) is 0.496. The molecule has 0 aliphatic carbocycles. The van der Waals surface area contributed by atoms with Gasteiger partial charge in [0.2, 0.25) is 0 Å². The molecule has 6 nitrogen and oxygen atoms in total. The molecule has 1 N–H and O–H groups in total. The maximum Gasteiger partial charge on any atom is 0.276 e. The van der Waals surface area contributed by atoms with Crippen molar-refractivity contribution in [3.8, 4) is 11.5 Å². The van der Waals surface area contributed by atoms with Crippen LogP contribution < -0.4 is 14.8 Å². The predicted molar refractivity (Wildman–Crippen MR) is 123 cm³/mol. The van der Waals surface area contributed by atoms with Crippen molar-refractivity contribution in [2.45, 2.75) is 25.6 Å². The van der Waals surface area contributed by atoms with Crippen LogP contribution >= 0.6 is 23.8 Å². The van der Waals surface area contributed by atoms with Gasteiger partial charge in [-0.05, 0) is 67.0 Å². The second-order valence-electron chi connectivity index (χ2n) is 7.36. The average molecular weight is 459 g/mol. The highest BCUT2D eigenvalue weighted by Gasteiger charge is 2.33. The van der Waals surface area contributed by atoms with Gasteiger partial charge in [0, 0.05) is 17.2 Å². The van der Waals surface area contributed by atoms with Gasteiger partial charge in [0.05, 0.1) is 19.8 Å². The molecule has 2 fully saturated rings. The van der Waals surface area contributed by atoms with Crippen molar-refractivity contribution < 1.29 is 19.0 Å². The lowest BCUT2D eigenvalue weighted by Gasteiger charge is -2.18. The van der Waals surface area contributed by atoms with Crippen LogP contribution in [0.1, 0.15) is 24.0 Å². The number of hydrogen-bond acceptors (Lipinski definition) is 5. The van der Waals surface area contributed by atoms with Crippen LogP contribution in [-0.4, -0.2) is 42.3 Å². The number of rotatable bonds is 7. The normalized spacial score (nSPS) is 19.7. The van der Waals surface area contributed by atoms with Gasteiger partial charge in [0.1, 0.15) is 23.8 Å². The first kappa shape index (κ1) is 21.6. The monoisotopic (exact) mass is 458 g/mol. The minimum atomic E-state index is -0.145. The molecular formula is C23H23ClN2O4S. The lowest BCUT2D eigenvalue weighted by atomic mass is 10.1. The van der Waals surface area contributed by atoms with E-state index in [4.69, 9.17) is 38.0 Å². The van der Waals surface area contributed by atoms with Crippen LogP contribution in [0.3, 0.4) is 0 Å². The highest BCUT2D eigenvalue weighted by molar-refractivity contribution is 7.80. The third-order valence-electron chi connectivity index (χ3n) is 5.18. The van der Waals surface area contributed by atoms with Crippen molar-refractivity contribution in [2.24, 2.45) is 0 Å². The maximum absolute atomic E-state index is 12.8. The molecule has 1 atom stereocenters. The summed E-state index contributed by atoms with van der Waals surface area (Å²) in [6.45, 7) is 1.51. The minimum absolute atomic E-state index is 0.0410. The molecule has 162 valence electrons. The van der Waals surface area contributed by atoms with Crippen LogP contribution in [0, 0.1) is 0 Å². The number of nitrogens with one attached hydrogen (secondary N) is 1. The van der Waals surface area contributed by atoms with E-state index in [1.165, 1.54) is 0 Å². The van der Waals surface area contributed by atoms with Gasteiger partial charge in [-0.3, -0.25) is 9.69 Å². The van der Waals surface area contributed by atoms with E-state index >= 15 is 0 Å². The lowest BCUT2D eigenvalue weighted by Crippen LogP contribution is -2.37. The fourth-order valence-corrected chi connectivity index (χ4v) is 4.06. The Bertz CT molecular complexity index is 1020. The fraction of sp³-hybridized carbons (Fsp3) is 0.304. The Morgan fingerprint density at radius 3 is 2.94 bits per heavy atom. The van der Waals surface area contributed by atoms with E-state index in [-0.39, 0.29) is 12.0 Å². The van der Waals surface area contributed by atoms with Gasteiger partial charge in [-0.25, -0.2) is 0 Å². The molecule has 2 aliphatic rings. The largest absolute Gasteiger partial charge is 0.496 e. The summed E-state index contributed by atoms with van der Waals surface area (Å²) in [6.07, 6.45) is 3.78. The molecule has 8 heteroatoms. The molecule has 1 amide bonds. The minimum Gasteiger partial charge on any atom is -0.496 e. The molecule has 0 bridgehead atoms. The second-order valence-corrected chi connectivity index (χ2v) is 8.18. The molecule has 0 spiro atoms. The Morgan fingerprint density at radius 2 is 2.19 bits per heavy atom.